The molecule has 0 aromatic carbocycles. The molecule has 7 heteroatoms. The first-order chi connectivity index (χ1) is 11.5. The van der Waals surface area contributed by atoms with Gasteiger partial charge >= 0.3 is 6.03 Å². The van der Waals surface area contributed by atoms with Gasteiger partial charge in [0.25, 0.3) is 0 Å². The molecule has 0 unspecified atom stereocenters. The second kappa shape index (κ2) is 7.23. The summed E-state index contributed by atoms with van der Waals surface area (Å²) < 4.78 is 2.13. The smallest absolute Gasteiger partial charge is 0.317 e. The van der Waals surface area contributed by atoms with Gasteiger partial charge in [0.1, 0.15) is 0 Å². The van der Waals surface area contributed by atoms with E-state index in [4.69, 9.17) is 0 Å². The van der Waals surface area contributed by atoms with Crippen molar-refractivity contribution in [2.24, 2.45) is 5.92 Å². The predicted molar refractivity (Wildman–Crippen MR) is 90.4 cm³/mol. The van der Waals surface area contributed by atoms with Gasteiger partial charge < -0.3 is 19.7 Å². The van der Waals surface area contributed by atoms with Crippen molar-refractivity contribution in [3.63, 3.8) is 0 Å². The Morgan fingerprint density at radius 3 is 2.46 bits per heavy atom. The molecule has 0 bridgehead atoms. The number of nitrogens with one attached hydrogen (secondary N) is 1. The van der Waals surface area contributed by atoms with E-state index >= 15 is 0 Å². The Bertz CT molecular complexity index is 564. The number of piperidine rings is 1. The molecule has 2 fully saturated rings. The Morgan fingerprint density at radius 2 is 1.83 bits per heavy atom. The van der Waals surface area contributed by atoms with Gasteiger partial charge in [0.15, 0.2) is 0 Å². The normalized spacial score (nSPS) is 22.2. The number of aromatic nitrogens is 2. The minimum atomic E-state index is 0.00271. The molecule has 132 valence electrons. The van der Waals surface area contributed by atoms with Crippen molar-refractivity contribution < 1.29 is 9.59 Å². The molecule has 0 radical (unpaired) electrons. The summed E-state index contributed by atoms with van der Waals surface area (Å²) in [6.45, 7) is 6.72. The van der Waals surface area contributed by atoms with Crippen LogP contribution in [0.5, 0.6) is 0 Å². The lowest BCUT2D eigenvalue weighted by Crippen LogP contribution is -2.49. The molecule has 2 saturated heterocycles. The summed E-state index contributed by atoms with van der Waals surface area (Å²) in [5.41, 5.74) is 0. The minimum Gasteiger partial charge on any atom is -0.340 e. The molecule has 3 heterocycles. The molecule has 1 aromatic rings. The predicted octanol–water partition coefficient (Wildman–Crippen LogP) is 1.49. The van der Waals surface area contributed by atoms with Gasteiger partial charge in [0.05, 0.1) is 6.33 Å². The first-order valence-electron chi connectivity index (χ1n) is 8.86. The summed E-state index contributed by atoms with van der Waals surface area (Å²) in [5, 5.41) is 3.10. The highest BCUT2D eigenvalue weighted by Crippen LogP contribution is 2.22. The maximum Gasteiger partial charge on any atom is 0.317 e. The Kier molecular flexibility index (Phi) is 5.06. The van der Waals surface area contributed by atoms with Crippen molar-refractivity contribution in [3.8, 4) is 0 Å². The molecule has 24 heavy (non-hydrogen) atoms. The molecule has 1 aromatic heterocycles. The molecule has 0 saturated carbocycles. The monoisotopic (exact) mass is 333 g/mol. The van der Waals surface area contributed by atoms with Gasteiger partial charge in [0.2, 0.25) is 5.91 Å². The number of carbonyl (C=O) groups is 2. The Labute approximate surface area is 143 Å². The Hall–Kier alpha value is -2.05. The van der Waals surface area contributed by atoms with Crippen LogP contribution in [0, 0.1) is 5.92 Å². The third-order valence-corrected chi connectivity index (χ3v) is 5.02. The van der Waals surface area contributed by atoms with Crippen LogP contribution < -0.4 is 5.32 Å². The van der Waals surface area contributed by atoms with Gasteiger partial charge in [-0.15, -0.1) is 0 Å². The van der Waals surface area contributed by atoms with E-state index in [2.05, 4.69) is 14.9 Å². The van der Waals surface area contributed by atoms with Gasteiger partial charge in [-0.05, 0) is 19.3 Å². The van der Waals surface area contributed by atoms with Crippen LogP contribution in [0.4, 0.5) is 4.79 Å². The van der Waals surface area contributed by atoms with Crippen molar-refractivity contribution in [2.45, 2.75) is 45.2 Å². The topological polar surface area (TPSA) is 70.5 Å². The molecule has 3 rings (SSSR count). The van der Waals surface area contributed by atoms with Crippen LogP contribution in [0.25, 0.3) is 0 Å². The SMILES string of the molecule is CC(C)C(=O)N1CC[C@H](NC(=O)N2CCC(n3ccnc3)CC2)C1. The fourth-order valence-corrected chi connectivity index (χ4v) is 3.56. The number of imidazole rings is 1. The number of carbonyl (C=O) groups excluding carboxylic acids is 2. The molecular formula is C17H27N5O2. The van der Waals surface area contributed by atoms with Crippen LogP contribution in [0.3, 0.4) is 0 Å². The standard InChI is InChI=1S/C17H27N5O2/c1-13(2)16(23)21-7-3-14(11-21)19-17(24)20-8-4-15(5-9-20)22-10-6-18-12-22/h6,10,12-15H,3-5,7-9,11H2,1-2H3,(H,19,24)/t14-/m0/s1. The van der Waals surface area contributed by atoms with E-state index in [0.29, 0.717) is 12.6 Å². The largest absolute Gasteiger partial charge is 0.340 e. The number of hydrogen-bond donors (Lipinski definition) is 1. The molecule has 3 amide bonds. The minimum absolute atomic E-state index is 0.00271. The number of amides is 3. The van der Waals surface area contributed by atoms with Crippen LogP contribution >= 0.6 is 0 Å². The maximum absolute atomic E-state index is 12.4. The van der Waals surface area contributed by atoms with Crippen molar-refractivity contribution in [3.05, 3.63) is 18.7 Å². The van der Waals surface area contributed by atoms with Crippen molar-refractivity contribution in [1.82, 2.24) is 24.7 Å². The van der Waals surface area contributed by atoms with Crippen molar-refractivity contribution >= 4 is 11.9 Å². The van der Waals surface area contributed by atoms with E-state index in [0.717, 1.165) is 38.9 Å². The summed E-state index contributed by atoms with van der Waals surface area (Å²) in [7, 11) is 0. The molecule has 1 N–H and O–H groups in total. The summed E-state index contributed by atoms with van der Waals surface area (Å²) in [6.07, 6.45) is 8.37. The third-order valence-electron chi connectivity index (χ3n) is 5.02. The summed E-state index contributed by atoms with van der Waals surface area (Å²) >= 11 is 0. The summed E-state index contributed by atoms with van der Waals surface area (Å²) in [5.74, 6) is 0.189. The zero-order valence-electron chi connectivity index (χ0n) is 14.5. The molecular weight excluding hydrogens is 306 g/mol. The van der Waals surface area contributed by atoms with Gasteiger partial charge in [-0.2, -0.15) is 0 Å². The third kappa shape index (κ3) is 3.71. The second-order valence-corrected chi connectivity index (χ2v) is 7.10. The molecule has 1 atom stereocenters. The average molecular weight is 333 g/mol. The number of urea groups is 1. The van der Waals surface area contributed by atoms with E-state index in [-0.39, 0.29) is 23.9 Å². The van der Waals surface area contributed by atoms with Crippen LogP contribution in [0.2, 0.25) is 0 Å². The van der Waals surface area contributed by atoms with Gasteiger partial charge in [-0.25, -0.2) is 9.78 Å². The molecule has 0 spiro atoms. The number of likely N-dealkylation sites (tertiary alicyclic amines) is 2. The number of hydrogen-bond acceptors (Lipinski definition) is 3. The summed E-state index contributed by atoms with van der Waals surface area (Å²) in [6, 6.07) is 0.511. The fraction of sp³-hybridized carbons (Fsp3) is 0.706. The van der Waals surface area contributed by atoms with Crippen molar-refractivity contribution in [2.75, 3.05) is 26.2 Å². The zero-order valence-corrected chi connectivity index (χ0v) is 14.5. The molecule has 2 aliphatic heterocycles. The lowest BCUT2D eigenvalue weighted by molar-refractivity contribution is -0.133. The van der Waals surface area contributed by atoms with Gasteiger partial charge in [-0.3, -0.25) is 4.79 Å². The number of nitrogens with zero attached hydrogens (tertiary/aromatic N) is 4. The van der Waals surface area contributed by atoms with Gasteiger partial charge in [-0.1, -0.05) is 13.8 Å². The first-order valence-corrected chi connectivity index (χ1v) is 8.86. The number of rotatable bonds is 3. The van der Waals surface area contributed by atoms with Gasteiger partial charge in [0, 0.05) is 56.6 Å². The van der Waals surface area contributed by atoms with Crippen LogP contribution in [-0.4, -0.2) is 63.5 Å². The second-order valence-electron chi connectivity index (χ2n) is 7.10. The van der Waals surface area contributed by atoms with E-state index in [1.54, 1.807) is 6.20 Å². The Balaban J connectivity index is 1.44. The maximum atomic E-state index is 12.4. The van der Waals surface area contributed by atoms with E-state index in [9.17, 15) is 9.59 Å². The lowest BCUT2D eigenvalue weighted by Gasteiger charge is -2.33. The lowest BCUT2D eigenvalue weighted by atomic mass is 10.1. The van der Waals surface area contributed by atoms with E-state index in [1.165, 1.54) is 0 Å². The molecule has 2 aliphatic rings. The van der Waals surface area contributed by atoms with Crippen molar-refractivity contribution in [1.29, 1.82) is 0 Å². The fourth-order valence-electron chi connectivity index (χ4n) is 3.56. The quantitative estimate of drug-likeness (QED) is 0.911. The highest BCUT2D eigenvalue weighted by atomic mass is 16.2. The zero-order chi connectivity index (χ0) is 17.1. The summed E-state index contributed by atoms with van der Waals surface area (Å²) in [4.78, 5) is 32.3. The molecule has 0 aliphatic carbocycles. The van der Waals surface area contributed by atoms with E-state index in [1.807, 2.05) is 36.2 Å². The Morgan fingerprint density at radius 1 is 1.12 bits per heavy atom. The van der Waals surface area contributed by atoms with Crippen LogP contribution in [-0.2, 0) is 4.79 Å². The first kappa shape index (κ1) is 16.8. The average Bonchev–Trinajstić information content (AvgIpc) is 3.26. The van der Waals surface area contributed by atoms with E-state index < -0.39 is 0 Å². The van der Waals surface area contributed by atoms with Crippen LogP contribution in [0.1, 0.15) is 39.2 Å². The molecule has 7 nitrogen and oxygen atoms in total. The van der Waals surface area contributed by atoms with Crippen LogP contribution in [0.15, 0.2) is 18.7 Å². The highest BCUT2D eigenvalue weighted by molar-refractivity contribution is 5.79. The highest BCUT2D eigenvalue weighted by Gasteiger charge is 2.30.